The number of hydrogen-bond donors (Lipinski definition) is 4. The molecule has 6 N–H and O–H groups in total. The molecule has 10 nitrogen and oxygen atoms in total. The van der Waals surface area contributed by atoms with Crippen LogP contribution >= 0.6 is 0 Å². The second-order valence-corrected chi connectivity index (χ2v) is 8.94. The molecule has 2 heterocycles. The maximum Gasteiger partial charge on any atom is 0.273 e. The monoisotopic (exact) mass is 435 g/mol. The normalized spacial score (nSPS) is 21.3. The first kappa shape index (κ1) is 20.6. The summed E-state index contributed by atoms with van der Waals surface area (Å²) in [4.78, 5) is 16.5. The zero-order chi connectivity index (χ0) is 22.2. The summed E-state index contributed by atoms with van der Waals surface area (Å²) >= 11 is 0. The first-order chi connectivity index (χ1) is 15.5. The number of carbonyl (C=O) groups is 1. The van der Waals surface area contributed by atoms with Gasteiger partial charge in [-0.05, 0) is 56.7 Å². The molecule has 2 saturated carbocycles. The number of anilines is 3. The van der Waals surface area contributed by atoms with Crippen LogP contribution in [-0.2, 0) is 0 Å². The van der Waals surface area contributed by atoms with Gasteiger partial charge in [0, 0.05) is 29.4 Å². The van der Waals surface area contributed by atoms with Gasteiger partial charge in [-0.25, -0.2) is 0 Å². The summed E-state index contributed by atoms with van der Waals surface area (Å²) in [6.45, 7) is 2.05. The second-order valence-electron chi connectivity index (χ2n) is 8.94. The van der Waals surface area contributed by atoms with Crippen LogP contribution in [0.5, 0.6) is 0 Å². The topological polar surface area (TPSA) is 150 Å². The van der Waals surface area contributed by atoms with Crippen molar-refractivity contribution in [1.29, 1.82) is 0 Å². The summed E-state index contributed by atoms with van der Waals surface area (Å²) in [6.07, 6.45) is 9.87. The molecule has 0 spiro atoms. The van der Waals surface area contributed by atoms with Crippen molar-refractivity contribution in [3.63, 3.8) is 0 Å². The lowest BCUT2D eigenvalue weighted by atomic mass is 9.91. The maximum atomic E-state index is 11.9. The van der Waals surface area contributed by atoms with Crippen LogP contribution in [0.25, 0.3) is 10.9 Å². The summed E-state index contributed by atoms with van der Waals surface area (Å²) in [5.41, 5.74) is 14.5. The second kappa shape index (κ2) is 8.34. The zero-order valence-electron chi connectivity index (χ0n) is 18.2. The Balaban J connectivity index is 1.44. The van der Waals surface area contributed by atoms with Gasteiger partial charge in [-0.3, -0.25) is 9.48 Å². The Morgan fingerprint density at radius 2 is 1.94 bits per heavy atom. The molecule has 0 saturated heterocycles. The number of carbonyl (C=O) groups excluding carboxylic acids is 1. The van der Waals surface area contributed by atoms with Gasteiger partial charge in [-0.15, -0.1) is 10.2 Å². The third-order valence-corrected chi connectivity index (χ3v) is 6.62. The van der Waals surface area contributed by atoms with E-state index < -0.39 is 5.91 Å². The van der Waals surface area contributed by atoms with Crippen molar-refractivity contribution >= 4 is 34.3 Å². The lowest BCUT2D eigenvalue weighted by Crippen LogP contribution is -2.43. The molecule has 1 amide bonds. The van der Waals surface area contributed by atoms with E-state index in [1.807, 2.05) is 19.1 Å². The predicted octanol–water partition coefficient (Wildman–Crippen LogP) is 2.78. The number of nitrogens with one attached hydrogen (secondary N) is 2. The standard InChI is InChI=1S/C22H29N9O/c1-12-9-13(10-18-15(12)11-31(30-18)14-5-4-6-14)25-21-19(20(24)32)28-29-22(27-21)26-17-8-3-2-7-16(17)23/h9-11,14,16-17H,2-8,23H2,1H3,(H2,24,32)(H2,25,26,27,29)/t16-,17+/m0/s1. The highest BCUT2D eigenvalue weighted by atomic mass is 16.1. The predicted molar refractivity (Wildman–Crippen MR) is 123 cm³/mol. The van der Waals surface area contributed by atoms with Crippen molar-refractivity contribution in [2.75, 3.05) is 10.6 Å². The van der Waals surface area contributed by atoms with Crippen molar-refractivity contribution < 1.29 is 4.79 Å². The lowest BCUT2D eigenvalue weighted by Gasteiger charge is -2.29. The van der Waals surface area contributed by atoms with E-state index in [0.29, 0.717) is 12.0 Å². The molecule has 2 atom stereocenters. The number of fused-ring (bicyclic) bond motifs is 1. The van der Waals surface area contributed by atoms with Gasteiger partial charge in [0.05, 0.1) is 11.6 Å². The van der Waals surface area contributed by atoms with Gasteiger partial charge >= 0.3 is 0 Å². The smallest absolute Gasteiger partial charge is 0.273 e. The minimum atomic E-state index is -0.694. The maximum absolute atomic E-state index is 11.9. The first-order valence-electron chi connectivity index (χ1n) is 11.3. The van der Waals surface area contributed by atoms with Gasteiger partial charge in [0.25, 0.3) is 5.91 Å². The Morgan fingerprint density at radius 1 is 1.12 bits per heavy atom. The highest BCUT2D eigenvalue weighted by Crippen LogP contribution is 2.33. The Hall–Kier alpha value is -3.27. The summed E-state index contributed by atoms with van der Waals surface area (Å²) in [6, 6.07) is 4.56. The Bertz CT molecular complexity index is 1150. The molecule has 1 aromatic carbocycles. The van der Waals surface area contributed by atoms with Crippen LogP contribution in [0.1, 0.15) is 67.0 Å². The fourth-order valence-corrected chi connectivity index (χ4v) is 4.51. The van der Waals surface area contributed by atoms with Crippen molar-refractivity contribution in [3.8, 4) is 0 Å². The van der Waals surface area contributed by atoms with E-state index in [2.05, 4.69) is 36.7 Å². The molecular formula is C22H29N9O. The van der Waals surface area contributed by atoms with Gasteiger partial charge in [0.15, 0.2) is 11.5 Å². The zero-order valence-corrected chi connectivity index (χ0v) is 18.2. The number of aromatic nitrogens is 5. The van der Waals surface area contributed by atoms with Gasteiger partial charge in [-0.2, -0.15) is 10.1 Å². The van der Waals surface area contributed by atoms with Gasteiger partial charge in [0.1, 0.15) is 0 Å². The number of rotatable bonds is 6. The van der Waals surface area contributed by atoms with Crippen LogP contribution in [0.3, 0.4) is 0 Å². The van der Waals surface area contributed by atoms with Crippen LogP contribution < -0.4 is 22.1 Å². The fraction of sp³-hybridized carbons (Fsp3) is 0.500. The number of benzene rings is 1. The van der Waals surface area contributed by atoms with E-state index in [9.17, 15) is 4.79 Å². The number of nitrogens with zero attached hydrogens (tertiary/aromatic N) is 5. The molecule has 2 aliphatic carbocycles. The minimum Gasteiger partial charge on any atom is -0.364 e. The van der Waals surface area contributed by atoms with Crippen molar-refractivity contribution in [1.82, 2.24) is 25.0 Å². The van der Waals surface area contributed by atoms with Crippen LogP contribution in [0.2, 0.25) is 0 Å². The van der Waals surface area contributed by atoms with E-state index in [4.69, 9.17) is 16.6 Å². The number of primary amides is 1. The largest absolute Gasteiger partial charge is 0.364 e. The van der Waals surface area contributed by atoms with Crippen LogP contribution in [0.4, 0.5) is 17.5 Å². The first-order valence-corrected chi connectivity index (χ1v) is 11.3. The van der Waals surface area contributed by atoms with Crippen LogP contribution in [0.15, 0.2) is 18.3 Å². The Morgan fingerprint density at radius 3 is 2.66 bits per heavy atom. The SMILES string of the molecule is Cc1cc(Nc2nc(N[C@@H]3CCCC[C@@H]3N)nnc2C(N)=O)cc2nn(C3CCC3)cc12. The molecule has 10 heteroatoms. The van der Waals surface area contributed by atoms with Crippen molar-refractivity contribution in [3.05, 3.63) is 29.6 Å². The number of aryl methyl sites for hydroxylation is 1. The minimum absolute atomic E-state index is 0.0127. The van der Waals surface area contributed by atoms with E-state index in [-0.39, 0.29) is 23.6 Å². The third kappa shape index (κ3) is 3.97. The number of amides is 1. The Kier molecular flexibility index (Phi) is 5.38. The van der Waals surface area contributed by atoms with Crippen LogP contribution in [0, 0.1) is 6.92 Å². The molecule has 2 aromatic heterocycles. The van der Waals surface area contributed by atoms with Crippen molar-refractivity contribution in [2.24, 2.45) is 11.5 Å². The molecular weight excluding hydrogens is 406 g/mol. The van der Waals surface area contributed by atoms with Gasteiger partial charge < -0.3 is 22.1 Å². The molecule has 0 bridgehead atoms. The average molecular weight is 436 g/mol. The molecule has 168 valence electrons. The van der Waals surface area contributed by atoms with E-state index in [1.54, 1.807) is 0 Å². The molecule has 0 radical (unpaired) electrons. The quantitative estimate of drug-likeness (QED) is 0.462. The molecule has 0 aliphatic heterocycles. The van der Waals surface area contributed by atoms with E-state index in [1.165, 1.54) is 19.3 Å². The summed E-state index contributed by atoms with van der Waals surface area (Å²) in [7, 11) is 0. The molecule has 3 aromatic rings. The fourth-order valence-electron chi connectivity index (χ4n) is 4.51. The molecule has 5 rings (SSSR count). The summed E-state index contributed by atoms with van der Waals surface area (Å²) < 4.78 is 2.07. The van der Waals surface area contributed by atoms with E-state index >= 15 is 0 Å². The number of nitrogens with two attached hydrogens (primary N) is 2. The third-order valence-electron chi connectivity index (χ3n) is 6.62. The van der Waals surface area contributed by atoms with Crippen LogP contribution in [-0.4, -0.2) is 43.0 Å². The molecule has 2 aliphatic rings. The summed E-state index contributed by atoms with van der Waals surface area (Å²) in [5, 5.41) is 20.4. The highest BCUT2D eigenvalue weighted by molar-refractivity contribution is 5.96. The molecule has 0 unspecified atom stereocenters. The van der Waals surface area contributed by atoms with Gasteiger partial charge in [0.2, 0.25) is 5.95 Å². The molecule has 32 heavy (non-hydrogen) atoms. The van der Waals surface area contributed by atoms with E-state index in [0.717, 1.165) is 47.8 Å². The number of hydrogen-bond acceptors (Lipinski definition) is 8. The Labute approximate surface area is 186 Å². The molecule has 2 fully saturated rings. The lowest BCUT2D eigenvalue weighted by molar-refractivity contribution is 0.0995. The van der Waals surface area contributed by atoms with Crippen molar-refractivity contribution in [2.45, 2.75) is 70.0 Å². The average Bonchev–Trinajstić information content (AvgIpc) is 3.12. The highest BCUT2D eigenvalue weighted by Gasteiger charge is 2.24. The summed E-state index contributed by atoms with van der Waals surface area (Å²) in [5.74, 6) is -0.107. The van der Waals surface area contributed by atoms with Gasteiger partial charge in [-0.1, -0.05) is 12.8 Å².